The molecular weight excluding hydrogens is 213 g/mol. The summed E-state index contributed by atoms with van der Waals surface area (Å²) in [5, 5.41) is 11.8. The maximum atomic E-state index is 12.0. The van der Waals surface area contributed by atoms with Gasteiger partial charge in [0.15, 0.2) is 11.4 Å². The maximum absolute atomic E-state index is 12.0. The van der Waals surface area contributed by atoms with E-state index in [1.54, 1.807) is 0 Å². The van der Waals surface area contributed by atoms with E-state index >= 15 is 0 Å². The van der Waals surface area contributed by atoms with Crippen LogP contribution in [0.1, 0.15) is 16.2 Å². The summed E-state index contributed by atoms with van der Waals surface area (Å²) >= 11 is 5.11. The van der Waals surface area contributed by atoms with Gasteiger partial charge < -0.3 is 5.11 Å². The molecule has 1 heterocycles. The van der Waals surface area contributed by atoms with Gasteiger partial charge in [0, 0.05) is 0 Å². The lowest BCUT2D eigenvalue weighted by Gasteiger charge is -2.01. The van der Waals surface area contributed by atoms with E-state index < -0.39 is 28.6 Å². The Kier molecular flexibility index (Phi) is 2.21. The Bertz CT molecular complexity index is 346. The largest absolute Gasteiger partial charge is 0.476 e. The van der Waals surface area contributed by atoms with Crippen LogP contribution in [0.4, 0.5) is 13.2 Å². The van der Waals surface area contributed by atoms with E-state index in [9.17, 15) is 18.0 Å². The van der Waals surface area contributed by atoms with Gasteiger partial charge in [0.25, 0.3) is 0 Å². The van der Waals surface area contributed by atoms with Gasteiger partial charge in [-0.15, -0.1) is 0 Å². The molecular formula is C5H2ClF3N2O2. The number of halogens is 4. The van der Waals surface area contributed by atoms with Crippen molar-refractivity contribution in [3.63, 3.8) is 0 Å². The molecule has 2 N–H and O–H groups in total. The van der Waals surface area contributed by atoms with Crippen molar-refractivity contribution in [1.29, 1.82) is 0 Å². The van der Waals surface area contributed by atoms with Crippen molar-refractivity contribution in [3.8, 4) is 0 Å². The minimum absolute atomic E-state index is 0.839. The van der Waals surface area contributed by atoms with E-state index in [-0.39, 0.29) is 0 Å². The first-order chi connectivity index (χ1) is 5.84. The molecule has 0 spiro atoms. The summed E-state index contributed by atoms with van der Waals surface area (Å²) in [6, 6.07) is 0. The lowest BCUT2D eigenvalue weighted by molar-refractivity contribution is -0.141. The third-order valence-corrected chi connectivity index (χ3v) is 1.56. The molecule has 0 aliphatic heterocycles. The zero-order valence-electron chi connectivity index (χ0n) is 5.81. The average Bonchev–Trinajstić information content (AvgIpc) is 2.28. The number of carbonyl (C=O) groups is 1. The van der Waals surface area contributed by atoms with Crippen LogP contribution < -0.4 is 0 Å². The van der Waals surface area contributed by atoms with E-state index in [2.05, 4.69) is 5.10 Å². The van der Waals surface area contributed by atoms with Crippen LogP contribution in [0, 0.1) is 0 Å². The van der Waals surface area contributed by atoms with Gasteiger partial charge in [0.05, 0.1) is 0 Å². The average molecular weight is 215 g/mol. The third kappa shape index (κ3) is 1.74. The van der Waals surface area contributed by atoms with Crippen molar-refractivity contribution < 1.29 is 23.1 Å². The van der Waals surface area contributed by atoms with Crippen molar-refractivity contribution in [2.24, 2.45) is 0 Å². The topological polar surface area (TPSA) is 66.0 Å². The summed E-state index contributed by atoms with van der Waals surface area (Å²) in [6.07, 6.45) is -4.72. The molecule has 1 aromatic heterocycles. The molecule has 0 aromatic carbocycles. The van der Waals surface area contributed by atoms with Gasteiger partial charge in [-0.25, -0.2) is 4.79 Å². The molecule has 0 atom stereocenters. The van der Waals surface area contributed by atoms with Crippen LogP contribution in [-0.2, 0) is 6.18 Å². The van der Waals surface area contributed by atoms with Crippen LogP contribution in [0.2, 0.25) is 5.02 Å². The molecule has 4 nitrogen and oxygen atoms in total. The molecule has 8 heteroatoms. The number of nitrogens with one attached hydrogen (secondary N) is 1. The summed E-state index contributed by atoms with van der Waals surface area (Å²) in [6.45, 7) is 0. The Labute approximate surface area is 74.3 Å². The highest BCUT2D eigenvalue weighted by atomic mass is 35.5. The molecule has 0 aliphatic carbocycles. The van der Waals surface area contributed by atoms with Crippen molar-refractivity contribution >= 4 is 17.6 Å². The van der Waals surface area contributed by atoms with Crippen molar-refractivity contribution in [3.05, 3.63) is 16.4 Å². The standard InChI is InChI=1S/C5H2ClF3N2O2/c6-1-2(4(12)13)10-11-3(1)5(7,8)9/h(H,10,11)(H,12,13). The first kappa shape index (κ1) is 9.85. The van der Waals surface area contributed by atoms with Gasteiger partial charge in [-0.3, -0.25) is 5.10 Å². The summed E-state index contributed by atoms with van der Waals surface area (Å²) in [5.41, 5.74) is -2.19. The zero-order chi connectivity index (χ0) is 10.2. The fourth-order valence-corrected chi connectivity index (χ4v) is 0.930. The van der Waals surface area contributed by atoms with Crippen molar-refractivity contribution in [2.45, 2.75) is 6.18 Å². The first-order valence-corrected chi connectivity index (χ1v) is 3.26. The van der Waals surface area contributed by atoms with E-state index in [0.717, 1.165) is 0 Å². The SMILES string of the molecule is O=C(O)c1n[nH]c(C(F)(F)F)c1Cl. The van der Waals surface area contributed by atoms with Crippen molar-refractivity contribution in [2.75, 3.05) is 0 Å². The molecule has 0 unspecified atom stereocenters. The lowest BCUT2D eigenvalue weighted by Crippen LogP contribution is -2.06. The smallest absolute Gasteiger partial charge is 0.434 e. The maximum Gasteiger partial charge on any atom is 0.434 e. The fourth-order valence-electron chi connectivity index (χ4n) is 0.658. The number of H-pyrrole nitrogens is 1. The van der Waals surface area contributed by atoms with E-state index in [1.807, 2.05) is 0 Å². The number of aromatic amines is 1. The molecule has 0 fully saturated rings. The fraction of sp³-hybridized carbons (Fsp3) is 0.200. The Balaban J connectivity index is 3.22. The predicted octanol–water partition coefficient (Wildman–Crippen LogP) is 1.78. The zero-order valence-corrected chi connectivity index (χ0v) is 6.57. The van der Waals surface area contributed by atoms with E-state index in [1.165, 1.54) is 5.10 Å². The molecule has 13 heavy (non-hydrogen) atoms. The second-order valence-electron chi connectivity index (χ2n) is 2.06. The minimum atomic E-state index is -4.72. The van der Waals surface area contributed by atoms with Crippen molar-refractivity contribution in [1.82, 2.24) is 10.2 Å². The highest BCUT2D eigenvalue weighted by Gasteiger charge is 2.37. The summed E-state index contributed by atoms with van der Waals surface area (Å²) in [5.74, 6) is -1.61. The second-order valence-corrected chi connectivity index (χ2v) is 2.44. The van der Waals surface area contributed by atoms with E-state index in [4.69, 9.17) is 16.7 Å². The van der Waals surface area contributed by atoms with Crippen LogP contribution >= 0.6 is 11.6 Å². The molecule has 0 saturated carbocycles. The number of hydrogen-bond donors (Lipinski definition) is 2. The molecule has 0 bridgehead atoms. The molecule has 0 amide bonds. The summed E-state index contributed by atoms with van der Waals surface area (Å²) in [7, 11) is 0. The number of rotatable bonds is 1. The molecule has 72 valence electrons. The summed E-state index contributed by atoms with van der Waals surface area (Å²) < 4.78 is 35.9. The number of aromatic nitrogens is 2. The first-order valence-electron chi connectivity index (χ1n) is 2.88. The van der Waals surface area contributed by atoms with Gasteiger partial charge in [-0.1, -0.05) is 11.6 Å². The van der Waals surface area contributed by atoms with Gasteiger partial charge in [0.2, 0.25) is 0 Å². The highest BCUT2D eigenvalue weighted by Crippen LogP contribution is 2.34. The normalized spacial score (nSPS) is 11.7. The van der Waals surface area contributed by atoms with Gasteiger partial charge in [-0.2, -0.15) is 18.3 Å². The second kappa shape index (κ2) is 2.91. The quantitative estimate of drug-likeness (QED) is 0.749. The molecule has 1 aromatic rings. The molecule has 0 saturated heterocycles. The Hall–Kier alpha value is -1.24. The van der Waals surface area contributed by atoms with Gasteiger partial charge in [-0.05, 0) is 0 Å². The highest BCUT2D eigenvalue weighted by molar-refractivity contribution is 6.33. The van der Waals surface area contributed by atoms with Crippen LogP contribution in [0.25, 0.3) is 0 Å². The monoisotopic (exact) mass is 214 g/mol. The van der Waals surface area contributed by atoms with Crippen LogP contribution in [0.3, 0.4) is 0 Å². The lowest BCUT2D eigenvalue weighted by atomic mass is 10.3. The Morgan fingerprint density at radius 2 is 2.08 bits per heavy atom. The minimum Gasteiger partial charge on any atom is -0.476 e. The number of aromatic carboxylic acids is 1. The predicted molar refractivity (Wildman–Crippen MR) is 35.6 cm³/mol. The Morgan fingerprint density at radius 1 is 1.54 bits per heavy atom. The van der Waals surface area contributed by atoms with Crippen LogP contribution in [-0.4, -0.2) is 21.3 Å². The van der Waals surface area contributed by atoms with Crippen LogP contribution in [0.5, 0.6) is 0 Å². The van der Waals surface area contributed by atoms with Gasteiger partial charge in [0.1, 0.15) is 5.02 Å². The molecule has 0 radical (unpaired) electrons. The summed E-state index contributed by atoms with van der Waals surface area (Å²) in [4.78, 5) is 10.2. The number of carboxylic acid groups (broad SMARTS) is 1. The number of alkyl halides is 3. The number of hydrogen-bond acceptors (Lipinski definition) is 2. The van der Waals surface area contributed by atoms with Crippen LogP contribution in [0.15, 0.2) is 0 Å². The third-order valence-electron chi connectivity index (χ3n) is 1.19. The Morgan fingerprint density at radius 3 is 2.31 bits per heavy atom. The molecule has 1 rings (SSSR count). The van der Waals surface area contributed by atoms with E-state index in [0.29, 0.717) is 0 Å². The number of carboxylic acids is 1. The van der Waals surface area contributed by atoms with Gasteiger partial charge >= 0.3 is 12.1 Å². The number of nitrogens with zero attached hydrogens (tertiary/aromatic N) is 1. The molecule has 0 aliphatic rings.